The third-order valence-electron chi connectivity index (χ3n) is 3.18. The molecule has 0 saturated carbocycles. The topological polar surface area (TPSA) is 42.0 Å². The number of nitrogens with one attached hydrogen (secondary N) is 1. The van der Waals surface area contributed by atoms with E-state index in [1.165, 1.54) is 16.9 Å². The zero-order chi connectivity index (χ0) is 16.2. The molecule has 0 radical (unpaired) electrons. The van der Waals surface area contributed by atoms with Gasteiger partial charge in [-0.2, -0.15) is 0 Å². The number of thiazole rings is 1. The van der Waals surface area contributed by atoms with E-state index in [0.717, 1.165) is 15.8 Å². The maximum Gasteiger partial charge on any atom is 0.258 e. The molecule has 0 aliphatic heterocycles. The van der Waals surface area contributed by atoms with Crippen LogP contribution in [-0.2, 0) is 6.42 Å². The van der Waals surface area contributed by atoms with Crippen molar-refractivity contribution in [2.45, 2.75) is 6.42 Å². The first-order chi connectivity index (χ1) is 11.1. The minimum absolute atomic E-state index is 0.250. The van der Waals surface area contributed by atoms with Crippen LogP contribution in [0.25, 0.3) is 0 Å². The van der Waals surface area contributed by atoms with Crippen LogP contribution in [0.3, 0.4) is 0 Å². The normalized spacial score (nSPS) is 10.5. The Morgan fingerprint density at radius 2 is 1.91 bits per heavy atom. The summed E-state index contributed by atoms with van der Waals surface area (Å²) in [7, 11) is 0. The van der Waals surface area contributed by atoms with Crippen molar-refractivity contribution in [1.82, 2.24) is 4.98 Å². The molecule has 0 unspecified atom stereocenters. The molecule has 3 nitrogen and oxygen atoms in total. The predicted octanol–water partition coefficient (Wildman–Crippen LogP) is 5.40. The van der Waals surface area contributed by atoms with Crippen LogP contribution in [0.15, 0.2) is 59.2 Å². The molecular formula is C17H12BrClN2OS. The molecule has 0 bridgehead atoms. The molecule has 0 aliphatic rings. The number of benzene rings is 2. The van der Waals surface area contributed by atoms with Gasteiger partial charge in [0.25, 0.3) is 5.91 Å². The summed E-state index contributed by atoms with van der Waals surface area (Å²) in [4.78, 5) is 17.6. The van der Waals surface area contributed by atoms with Gasteiger partial charge < -0.3 is 0 Å². The van der Waals surface area contributed by atoms with Crippen molar-refractivity contribution in [1.29, 1.82) is 0 Å². The predicted molar refractivity (Wildman–Crippen MR) is 98.5 cm³/mol. The first-order valence-electron chi connectivity index (χ1n) is 6.87. The van der Waals surface area contributed by atoms with Crippen LogP contribution in [0.4, 0.5) is 5.13 Å². The van der Waals surface area contributed by atoms with Crippen molar-refractivity contribution < 1.29 is 4.79 Å². The Hall–Kier alpha value is -1.69. The number of nitrogens with zero attached hydrogens (tertiary/aromatic N) is 1. The maximum atomic E-state index is 12.2. The largest absolute Gasteiger partial charge is 0.298 e. The molecule has 6 heteroatoms. The number of hydrogen-bond donors (Lipinski definition) is 1. The van der Waals surface area contributed by atoms with Gasteiger partial charge >= 0.3 is 0 Å². The van der Waals surface area contributed by atoms with Crippen LogP contribution in [0, 0.1) is 0 Å². The molecule has 1 amide bonds. The van der Waals surface area contributed by atoms with Crippen molar-refractivity contribution in [3.63, 3.8) is 0 Å². The summed E-state index contributed by atoms with van der Waals surface area (Å²) in [5.41, 5.74) is 1.64. The molecule has 1 N–H and O–H groups in total. The number of hydrogen-bond acceptors (Lipinski definition) is 3. The summed E-state index contributed by atoms with van der Waals surface area (Å²) in [5, 5.41) is 3.79. The second-order valence-corrected chi connectivity index (χ2v) is 7.31. The van der Waals surface area contributed by atoms with E-state index in [1.54, 1.807) is 30.5 Å². The highest BCUT2D eigenvalue weighted by molar-refractivity contribution is 9.10. The van der Waals surface area contributed by atoms with Gasteiger partial charge in [0.1, 0.15) is 0 Å². The molecule has 3 aromatic rings. The Kier molecular flexibility index (Phi) is 5.10. The van der Waals surface area contributed by atoms with Crippen LogP contribution in [0.1, 0.15) is 20.8 Å². The van der Waals surface area contributed by atoms with Crippen LogP contribution in [0.2, 0.25) is 5.02 Å². The molecule has 3 rings (SSSR count). The van der Waals surface area contributed by atoms with Crippen molar-refractivity contribution in [2.24, 2.45) is 0 Å². The van der Waals surface area contributed by atoms with E-state index in [-0.39, 0.29) is 5.91 Å². The Bertz CT molecular complexity index is 833. The zero-order valence-corrected chi connectivity index (χ0v) is 15.1. The van der Waals surface area contributed by atoms with E-state index >= 15 is 0 Å². The number of halogens is 2. The molecule has 23 heavy (non-hydrogen) atoms. The first-order valence-corrected chi connectivity index (χ1v) is 8.85. The van der Waals surface area contributed by atoms with E-state index in [1.807, 2.05) is 12.1 Å². The molecule has 0 aliphatic carbocycles. The highest BCUT2D eigenvalue weighted by atomic mass is 79.9. The lowest BCUT2D eigenvalue weighted by atomic mass is 10.1. The Labute approximate surface area is 151 Å². The van der Waals surface area contributed by atoms with Gasteiger partial charge in [-0.25, -0.2) is 4.98 Å². The fourth-order valence-corrected chi connectivity index (χ4v) is 3.39. The van der Waals surface area contributed by atoms with Gasteiger partial charge in [-0.15, -0.1) is 11.3 Å². The minimum Gasteiger partial charge on any atom is -0.298 e. The van der Waals surface area contributed by atoms with Gasteiger partial charge in [-0.1, -0.05) is 51.8 Å². The third-order valence-corrected chi connectivity index (χ3v) is 4.96. The molecule has 116 valence electrons. The van der Waals surface area contributed by atoms with Crippen molar-refractivity contribution in [3.05, 3.63) is 80.2 Å². The molecule has 2 aromatic carbocycles. The highest BCUT2D eigenvalue weighted by Crippen LogP contribution is 2.23. The number of aromatic nitrogens is 1. The van der Waals surface area contributed by atoms with Gasteiger partial charge in [0.15, 0.2) is 5.13 Å². The lowest BCUT2D eigenvalue weighted by Gasteiger charge is -2.03. The molecular weight excluding hydrogens is 396 g/mol. The molecule has 0 saturated heterocycles. The van der Waals surface area contributed by atoms with E-state index < -0.39 is 0 Å². The summed E-state index contributed by atoms with van der Waals surface area (Å²) in [6.07, 6.45) is 2.57. The van der Waals surface area contributed by atoms with Crippen LogP contribution in [-0.4, -0.2) is 10.9 Å². The summed E-state index contributed by atoms with van der Waals surface area (Å²) in [6, 6.07) is 15.1. The number of rotatable bonds is 4. The van der Waals surface area contributed by atoms with E-state index in [2.05, 4.69) is 38.4 Å². The lowest BCUT2D eigenvalue weighted by molar-refractivity contribution is 0.102. The number of carbonyl (C=O) groups excluding carboxylic acids is 1. The fraction of sp³-hybridized carbons (Fsp3) is 0.0588. The monoisotopic (exact) mass is 406 g/mol. The summed E-state index contributed by atoms with van der Waals surface area (Å²) in [5.74, 6) is -0.250. The second kappa shape index (κ2) is 7.25. The smallest absolute Gasteiger partial charge is 0.258 e. The quantitative estimate of drug-likeness (QED) is 0.629. The van der Waals surface area contributed by atoms with E-state index in [0.29, 0.717) is 15.7 Å². The minimum atomic E-state index is -0.250. The highest BCUT2D eigenvalue weighted by Gasteiger charge is 2.12. The van der Waals surface area contributed by atoms with Gasteiger partial charge in [0.2, 0.25) is 0 Å². The first kappa shape index (κ1) is 16.2. The summed E-state index contributed by atoms with van der Waals surface area (Å²) < 4.78 is 1.05. The molecule has 1 aromatic heterocycles. The van der Waals surface area contributed by atoms with Crippen molar-refractivity contribution in [2.75, 3.05) is 5.32 Å². The number of amides is 1. The van der Waals surface area contributed by atoms with Crippen LogP contribution in [0.5, 0.6) is 0 Å². The van der Waals surface area contributed by atoms with Crippen molar-refractivity contribution in [3.8, 4) is 0 Å². The van der Waals surface area contributed by atoms with Gasteiger partial charge in [0.05, 0.1) is 10.6 Å². The molecule has 0 spiro atoms. The Morgan fingerprint density at radius 1 is 1.17 bits per heavy atom. The van der Waals surface area contributed by atoms with Crippen molar-refractivity contribution >= 4 is 49.9 Å². The maximum absolute atomic E-state index is 12.2. The standard InChI is InChI=1S/C17H12BrClN2OS/c18-12-7-5-11(6-8-12)9-13-10-20-17(23-13)21-16(22)14-3-1-2-4-15(14)19/h1-8,10H,9H2,(H,20,21,22). The second-order valence-electron chi connectivity index (χ2n) is 4.87. The molecule has 1 heterocycles. The lowest BCUT2D eigenvalue weighted by Crippen LogP contribution is -2.11. The van der Waals surface area contributed by atoms with E-state index in [4.69, 9.17) is 11.6 Å². The Balaban J connectivity index is 1.69. The Morgan fingerprint density at radius 3 is 2.65 bits per heavy atom. The van der Waals surface area contributed by atoms with Crippen LogP contribution < -0.4 is 5.32 Å². The van der Waals surface area contributed by atoms with Gasteiger partial charge in [-0.3, -0.25) is 10.1 Å². The number of anilines is 1. The average Bonchev–Trinajstić information content (AvgIpc) is 2.97. The molecule has 0 fully saturated rings. The van der Waals surface area contributed by atoms with Crippen LogP contribution >= 0.6 is 38.9 Å². The number of carbonyl (C=O) groups is 1. The zero-order valence-electron chi connectivity index (χ0n) is 11.9. The average molecular weight is 408 g/mol. The SMILES string of the molecule is O=C(Nc1ncc(Cc2ccc(Br)cc2)s1)c1ccccc1Cl. The van der Waals surface area contributed by atoms with Gasteiger partial charge in [-0.05, 0) is 29.8 Å². The fourth-order valence-electron chi connectivity index (χ4n) is 2.06. The molecule has 0 atom stereocenters. The van der Waals surface area contributed by atoms with Gasteiger partial charge in [0, 0.05) is 22.0 Å². The summed E-state index contributed by atoms with van der Waals surface area (Å²) in [6.45, 7) is 0. The third kappa shape index (κ3) is 4.19. The van der Waals surface area contributed by atoms with E-state index in [9.17, 15) is 4.79 Å². The summed E-state index contributed by atoms with van der Waals surface area (Å²) >= 11 is 10.9.